The van der Waals surface area contributed by atoms with Crippen molar-refractivity contribution in [2.24, 2.45) is 0 Å². The SMILES string of the molecule is CCCCCCCC/C=C\CCCCCCC(O)CN(CCCCSSCCC(NC(=O)CCCN(CC(O)CCCCCCCCCC)CC(O)CCCCCCCCCC)C(=O)NCCCCN1CCCC1)CC(O)CCCCCC/C=C\CCCCCCCC. The van der Waals surface area contributed by atoms with Gasteiger partial charge in [0, 0.05) is 50.7 Å². The van der Waals surface area contributed by atoms with Gasteiger partial charge in [-0.15, -0.1) is 0 Å². The van der Waals surface area contributed by atoms with Gasteiger partial charge in [-0.25, -0.2) is 0 Å². The third-order valence-corrected chi connectivity index (χ3v) is 21.7. The van der Waals surface area contributed by atoms with Crippen LogP contribution < -0.4 is 10.6 Å². The molecule has 1 aliphatic rings. The molecule has 0 bridgehead atoms. The molecule has 13 heteroatoms. The van der Waals surface area contributed by atoms with Crippen LogP contribution in [-0.2, 0) is 9.59 Å². The number of carbonyl (C=O) groups is 2. The van der Waals surface area contributed by atoms with Crippen LogP contribution in [0.25, 0.3) is 0 Å². The summed E-state index contributed by atoms with van der Waals surface area (Å²) in [4.78, 5) is 34.6. The Morgan fingerprint density at radius 3 is 1.13 bits per heavy atom. The van der Waals surface area contributed by atoms with Gasteiger partial charge in [-0.3, -0.25) is 19.4 Å². The molecule has 1 saturated heterocycles. The molecule has 2 amide bonds. The van der Waals surface area contributed by atoms with E-state index < -0.39 is 18.2 Å². The van der Waals surface area contributed by atoms with E-state index in [1.54, 1.807) is 10.8 Å². The van der Waals surface area contributed by atoms with E-state index in [2.05, 4.69) is 77.3 Å². The van der Waals surface area contributed by atoms with Crippen LogP contribution in [0.2, 0.25) is 0 Å². The van der Waals surface area contributed by atoms with E-state index in [9.17, 15) is 30.0 Å². The fraction of sp³-hybridized carbons (Fsp3) is 0.925. The monoisotopic (exact) mass is 1350 g/mol. The molecule has 0 aromatic heterocycles. The smallest absolute Gasteiger partial charge is 0.242 e. The fourth-order valence-electron chi connectivity index (χ4n) is 13.2. The van der Waals surface area contributed by atoms with E-state index in [4.69, 9.17) is 0 Å². The highest BCUT2D eigenvalue weighted by molar-refractivity contribution is 8.76. The molecule has 1 fully saturated rings. The van der Waals surface area contributed by atoms with Gasteiger partial charge < -0.3 is 36.0 Å². The lowest BCUT2D eigenvalue weighted by molar-refractivity contribution is -0.129. The molecule has 0 spiro atoms. The Labute approximate surface area is 585 Å². The number of aliphatic hydroxyl groups is 4. The molecule has 1 heterocycles. The fourth-order valence-corrected chi connectivity index (χ4v) is 15.5. The number of unbranched alkanes of at least 4 members (excludes halogenated alkanes) is 36. The molecule has 93 heavy (non-hydrogen) atoms. The second kappa shape index (κ2) is 70.7. The van der Waals surface area contributed by atoms with Crippen molar-refractivity contribution in [2.75, 3.05) is 77.0 Å². The van der Waals surface area contributed by atoms with Crippen LogP contribution in [0.15, 0.2) is 24.3 Å². The van der Waals surface area contributed by atoms with Gasteiger partial charge in [0.1, 0.15) is 6.04 Å². The van der Waals surface area contributed by atoms with Gasteiger partial charge in [-0.05, 0) is 161 Å². The van der Waals surface area contributed by atoms with Crippen LogP contribution in [0.3, 0.4) is 0 Å². The summed E-state index contributed by atoms with van der Waals surface area (Å²) in [6, 6.07) is -0.600. The number of rotatable bonds is 74. The maximum absolute atomic E-state index is 13.8. The number of likely N-dealkylation sites (tertiary alicyclic amines) is 1. The highest BCUT2D eigenvalue weighted by Crippen LogP contribution is 2.25. The Hall–Kier alpha value is -1.16. The Morgan fingerprint density at radius 2 is 0.742 bits per heavy atom. The van der Waals surface area contributed by atoms with E-state index in [1.807, 2.05) is 10.8 Å². The molecule has 1 rings (SSSR count). The van der Waals surface area contributed by atoms with Gasteiger partial charge in [0.2, 0.25) is 11.8 Å². The molecule has 0 aromatic rings. The van der Waals surface area contributed by atoms with Crippen molar-refractivity contribution in [3.63, 3.8) is 0 Å². The maximum Gasteiger partial charge on any atom is 0.242 e. The van der Waals surface area contributed by atoms with Crippen molar-refractivity contribution >= 4 is 33.4 Å². The summed E-state index contributed by atoms with van der Waals surface area (Å²) in [5, 5.41) is 51.4. The van der Waals surface area contributed by atoms with E-state index >= 15 is 0 Å². The molecule has 11 nitrogen and oxygen atoms in total. The van der Waals surface area contributed by atoms with Crippen LogP contribution in [0, 0.1) is 0 Å². The summed E-state index contributed by atoms with van der Waals surface area (Å²) >= 11 is 0. The Balaban J connectivity index is 2.79. The summed E-state index contributed by atoms with van der Waals surface area (Å²) in [7, 11) is 3.62. The summed E-state index contributed by atoms with van der Waals surface area (Å²) in [5.74, 6) is 1.51. The van der Waals surface area contributed by atoms with Crippen LogP contribution >= 0.6 is 21.6 Å². The molecule has 0 aliphatic carbocycles. The first-order valence-corrected chi connectivity index (χ1v) is 43.1. The summed E-state index contributed by atoms with van der Waals surface area (Å²) < 4.78 is 0. The van der Waals surface area contributed by atoms with Crippen molar-refractivity contribution in [2.45, 2.75) is 398 Å². The average Bonchev–Trinajstić information content (AvgIpc) is 4.22. The number of nitrogens with one attached hydrogen (secondary N) is 2. The van der Waals surface area contributed by atoms with Crippen LogP contribution in [-0.4, -0.2) is 154 Å². The lowest BCUT2D eigenvalue weighted by atomic mass is 10.0. The van der Waals surface area contributed by atoms with E-state index in [1.165, 1.54) is 219 Å². The zero-order valence-corrected chi connectivity index (χ0v) is 63.6. The minimum absolute atomic E-state index is 0.0991. The second-order valence-corrected chi connectivity index (χ2v) is 31.3. The Bertz CT molecular complexity index is 1550. The number of amides is 2. The number of carbonyl (C=O) groups excluding carboxylic acids is 2. The van der Waals surface area contributed by atoms with Crippen LogP contribution in [0.1, 0.15) is 368 Å². The maximum atomic E-state index is 13.8. The Kier molecular flexibility index (Phi) is 68.3. The summed E-state index contributed by atoms with van der Waals surface area (Å²) in [5.41, 5.74) is 0. The zero-order chi connectivity index (χ0) is 67.4. The van der Waals surface area contributed by atoms with Crippen molar-refractivity contribution in [1.29, 1.82) is 0 Å². The molecular formula is C80H157N5O6S2. The standard InChI is InChI=1S/C80H157N5O6S2/c1-5-9-13-17-21-25-27-29-31-33-35-39-43-47-56-74(86)70-84(71-75(87)57-48-44-40-36-34-32-30-28-26-22-18-14-10-6-2)66-53-54-68-92-93-69-61-78(80(91)81-62-49-50-63-83-64-51-52-65-83)82-79(90)60-55-67-85(72-76(88)58-45-41-37-23-19-15-11-7-3)73-77(89)59-46-42-38-24-20-16-12-8-4/h29-32,74-78,86-89H,5-28,33-73H2,1-4H3,(H,81,91)(H,82,90)/b31-29-,32-30-. The third kappa shape index (κ3) is 62.8. The number of allylic oxidation sites excluding steroid dienone is 4. The molecule has 0 aromatic carbocycles. The van der Waals surface area contributed by atoms with Crippen LogP contribution in [0.5, 0.6) is 0 Å². The van der Waals surface area contributed by atoms with Crippen molar-refractivity contribution in [1.82, 2.24) is 25.3 Å². The van der Waals surface area contributed by atoms with E-state index in [-0.39, 0.29) is 24.0 Å². The van der Waals surface area contributed by atoms with Gasteiger partial charge in [-0.2, -0.15) is 0 Å². The largest absolute Gasteiger partial charge is 0.392 e. The molecule has 0 saturated carbocycles. The first-order chi connectivity index (χ1) is 45.6. The number of aliphatic hydroxyl groups excluding tert-OH is 4. The van der Waals surface area contributed by atoms with Crippen molar-refractivity contribution < 1.29 is 30.0 Å². The minimum Gasteiger partial charge on any atom is -0.392 e. The van der Waals surface area contributed by atoms with Gasteiger partial charge in [0.25, 0.3) is 0 Å². The molecule has 5 atom stereocenters. The van der Waals surface area contributed by atoms with Gasteiger partial charge >= 0.3 is 0 Å². The molecular weight excluding hydrogens is 1190 g/mol. The Morgan fingerprint density at radius 1 is 0.398 bits per heavy atom. The van der Waals surface area contributed by atoms with Gasteiger partial charge in [0.15, 0.2) is 0 Å². The number of nitrogens with zero attached hydrogens (tertiary/aromatic N) is 3. The lowest BCUT2D eigenvalue weighted by Crippen LogP contribution is -2.47. The molecule has 550 valence electrons. The average molecular weight is 1350 g/mol. The zero-order valence-electron chi connectivity index (χ0n) is 61.9. The topological polar surface area (TPSA) is 149 Å². The molecule has 5 unspecified atom stereocenters. The van der Waals surface area contributed by atoms with Crippen molar-refractivity contribution in [3.8, 4) is 0 Å². The van der Waals surface area contributed by atoms with Gasteiger partial charge in [0.05, 0.1) is 24.4 Å². The van der Waals surface area contributed by atoms with E-state index in [0.29, 0.717) is 58.5 Å². The molecule has 0 radical (unpaired) electrons. The van der Waals surface area contributed by atoms with Gasteiger partial charge in [-0.1, -0.05) is 279 Å². The van der Waals surface area contributed by atoms with E-state index in [0.717, 1.165) is 140 Å². The second-order valence-electron chi connectivity index (χ2n) is 28.6. The highest BCUT2D eigenvalue weighted by Gasteiger charge is 2.23. The predicted molar refractivity (Wildman–Crippen MR) is 409 cm³/mol. The normalized spacial score (nSPS) is 14.8. The molecule has 1 aliphatic heterocycles. The molecule has 6 N–H and O–H groups in total. The van der Waals surface area contributed by atoms with Crippen LogP contribution in [0.4, 0.5) is 0 Å². The number of hydrogen-bond acceptors (Lipinski definition) is 11. The highest BCUT2D eigenvalue weighted by atomic mass is 33.1. The van der Waals surface area contributed by atoms with Crippen molar-refractivity contribution in [3.05, 3.63) is 24.3 Å². The predicted octanol–water partition coefficient (Wildman–Crippen LogP) is 20.2. The quantitative estimate of drug-likeness (QED) is 0.0196. The number of hydrogen-bond donors (Lipinski definition) is 6. The first-order valence-electron chi connectivity index (χ1n) is 40.6. The summed E-state index contributed by atoms with van der Waals surface area (Å²) in [6.45, 7) is 16.8. The summed E-state index contributed by atoms with van der Waals surface area (Å²) in [6.07, 6.45) is 68.9. The third-order valence-electron chi connectivity index (χ3n) is 19.2. The first kappa shape index (κ1) is 89.9. The lowest BCUT2D eigenvalue weighted by Gasteiger charge is -2.27. The minimum atomic E-state index is -0.600.